The van der Waals surface area contributed by atoms with Crippen LogP contribution in [0.4, 0.5) is 5.69 Å². The topological polar surface area (TPSA) is 79.6 Å². The van der Waals surface area contributed by atoms with Crippen LogP contribution in [0.15, 0.2) is 41.0 Å². The van der Waals surface area contributed by atoms with Crippen molar-refractivity contribution in [1.82, 2.24) is 5.32 Å². The van der Waals surface area contributed by atoms with Crippen LogP contribution >= 0.6 is 11.8 Å². The summed E-state index contributed by atoms with van der Waals surface area (Å²) in [4.78, 5) is 12.4. The molecule has 0 saturated carbocycles. The fraction of sp³-hybridized carbons (Fsp3) is 0.353. The van der Waals surface area contributed by atoms with Crippen molar-refractivity contribution in [3.8, 4) is 0 Å². The van der Waals surface area contributed by atoms with Crippen LogP contribution in [0.25, 0.3) is 0 Å². The molecule has 0 fully saturated rings. The third-order valence-corrected chi connectivity index (χ3v) is 5.92. The first kappa shape index (κ1) is 19.4. The molecule has 6 nitrogen and oxygen atoms in total. The number of thioether (sulfide) groups is 1. The standard InChI is InChI=1S/C17H22N2O4S2/c1-13-15(7-4-8-16(13)19(2)25(3,21)22)17(20)18-9-11-24-12-14-6-5-10-23-14/h4-8,10H,9,11-12H2,1-3H3,(H,18,20). The minimum Gasteiger partial charge on any atom is -0.468 e. The highest BCUT2D eigenvalue weighted by molar-refractivity contribution is 7.98. The highest BCUT2D eigenvalue weighted by atomic mass is 32.2. The molecule has 0 bridgehead atoms. The van der Waals surface area contributed by atoms with Gasteiger partial charge in [-0.3, -0.25) is 9.10 Å². The van der Waals surface area contributed by atoms with E-state index in [0.29, 0.717) is 23.4 Å². The molecule has 0 aliphatic heterocycles. The molecule has 1 aromatic heterocycles. The fourth-order valence-electron chi connectivity index (χ4n) is 2.29. The van der Waals surface area contributed by atoms with Gasteiger partial charge in [0.05, 0.1) is 24.0 Å². The summed E-state index contributed by atoms with van der Waals surface area (Å²) < 4.78 is 29.9. The van der Waals surface area contributed by atoms with E-state index in [4.69, 9.17) is 4.42 Å². The first-order chi connectivity index (χ1) is 11.8. The molecular weight excluding hydrogens is 360 g/mol. The third kappa shape index (κ3) is 5.27. The highest BCUT2D eigenvalue weighted by Crippen LogP contribution is 2.24. The number of amides is 1. The Morgan fingerprint density at radius 1 is 1.28 bits per heavy atom. The minimum absolute atomic E-state index is 0.208. The van der Waals surface area contributed by atoms with Gasteiger partial charge in [0.2, 0.25) is 10.0 Å². The van der Waals surface area contributed by atoms with Crippen LogP contribution in [-0.4, -0.2) is 39.9 Å². The summed E-state index contributed by atoms with van der Waals surface area (Å²) in [6.07, 6.45) is 2.77. The molecule has 0 saturated heterocycles. The largest absolute Gasteiger partial charge is 0.468 e. The molecule has 136 valence electrons. The zero-order chi connectivity index (χ0) is 18.4. The van der Waals surface area contributed by atoms with Crippen LogP contribution in [-0.2, 0) is 15.8 Å². The molecule has 0 aliphatic carbocycles. The lowest BCUT2D eigenvalue weighted by Crippen LogP contribution is -2.29. The molecule has 1 aromatic carbocycles. The maximum absolute atomic E-state index is 12.4. The number of benzene rings is 1. The number of hydrogen-bond acceptors (Lipinski definition) is 5. The van der Waals surface area contributed by atoms with E-state index in [1.54, 1.807) is 43.1 Å². The maximum Gasteiger partial charge on any atom is 0.251 e. The summed E-state index contributed by atoms with van der Waals surface area (Å²) in [6.45, 7) is 2.27. The van der Waals surface area contributed by atoms with Gasteiger partial charge in [-0.25, -0.2) is 8.42 Å². The minimum atomic E-state index is -3.38. The summed E-state index contributed by atoms with van der Waals surface area (Å²) in [5.41, 5.74) is 1.61. The summed E-state index contributed by atoms with van der Waals surface area (Å²) in [5.74, 6) is 2.22. The monoisotopic (exact) mass is 382 g/mol. The number of hydrogen-bond donors (Lipinski definition) is 1. The molecule has 0 atom stereocenters. The van der Waals surface area contributed by atoms with Crippen LogP contribution in [0.3, 0.4) is 0 Å². The first-order valence-electron chi connectivity index (χ1n) is 7.72. The number of carbonyl (C=O) groups is 1. The van der Waals surface area contributed by atoms with Gasteiger partial charge >= 0.3 is 0 Å². The van der Waals surface area contributed by atoms with Crippen molar-refractivity contribution in [3.63, 3.8) is 0 Å². The average Bonchev–Trinajstić information content (AvgIpc) is 3.06. The molecule has 8 heteroatoms. The van der Waals surface area contributed by atoms with Gasteiger partial charge in [-0.15, -0.1) is 0 Å². The van der Waals surface area contributed by atoms with Gasteiger partial charge in [-0.2, -0.15) is 11.8 Å². The van der Waals surface area contributed by atoms with Crippen molar-refractivity contribution in [2.24, 2.45) is 0 Å². The van der Waals surface area contributed by atoms with Gasteiger partial charge in [-0.05, 0) is 36.8 Å². The van der Waals surface area contributed by atoms with E-state index in [1.807, 2.05) is 12.1 Å². The van der Waals surface area contributed by atoms with E-state index < -0.39 is 10.0 Å². The second-order valence-electron chi connectivity index (χ2n) is 5.57. The first-order valence-corrected chi connectivity index (χ1v) is 10.7. The molecule has 0 spiro atoms. The van der Waals surface area contributed by atoms with Crippen molar-refractivity contribution < 1.29 is 17.6 Å². The van der Waals surface area contributed by atoms with Crippen molar-refractivity contribution in [2.45, 2.75) is 12.7 Å². The van der Waals surface area contributed by atoms with E-state index in [2.05, 4.69) is 5.32 Å². The molecular formula is C17H22N2O4S2. The molecule has 2 rings (SSSR count). The zero-order valence-corrected chi connectivity index (χ0v) is 16.1. The van der Waals surface area contributed by atoms with Crippen LogP contribution in [0.5, 0.6) is 0 Å². The Morgan fingerprint density at radius 3 is 2.68 bits per heavy atom. The Labute approximate surface area is 152 Å². The van der Waals surface area contributed by atoms with Gasteiger partial charge in [0.25, 0.3) is 5.91 Å². The Hall–Kier alpha value is -1.93. The van der Waals surface area contributed by atoms with Crippen LogP contribution in [0.1, 0.15) is 21.7 Å². The van der Waals surface area contributed by atoms with Gasteiger partial charge in [0.15, 0.2) is 0 Å². The predicted molar refractivity (Wildman–Crippen MR) is 102 cm³/mol. The van der Waals surface area contributed by atoms with Crippen LogP contribution < -0.4 is 9.62 Å². The summed E-state index contributed by atoms with van der Waals surface area (Å²) in [7, 11) is -1.90. The third-order valence-electron chi connectivity index (χ3n) is 3.74. The number of rotatable bonds is 8. The smallest absolute Gasteiger partial charge is 0.251 e. The van der Waals surface area contributed by atoms with E-state index >= 15 is 0 Å². The molecule has 1 amide bonds. The van der Waals surface area contributed by atoms with Crippen molar-refractivity contribution in [3.05, 3.63) is 53.5 Å². The summed E-state index contributed by atoms with van der Waals surface area (Å²) >= 11 is 1.67. The highest BCUT2D eigenvalue weighted by Gasteiger charge is 2.18. The van der Waals surface area contributed by atoms with E-state index in [-0.39, 0.29) is 5.91 Å². The molecule has 0 unspecified atom stereocenters. The molecule has 25 heavy (non-hydrogen) atoms. The van der Waals surface area contributed by atoms with Gasteiger partial charge in [0.1, 0.15) is 5.76 Å². The number of carbonyl (C=O) groups excluding carboxylic acids is 1. The molecule has 0 radical (unpaired) electrons. The van der Waals surface area contributed by atoms with Crippen LogP contribution in [0, 0.1) is 6.92 Å². The van der Waals surface area contributed by atoms with Crippen molar-refractivity contribution >= 4 is 33.4 Å². The SMILES string of the molecule is Cc1c(C(=O)NCCSCc2ccco2)cccc1N(C)S(C)(=O)=O. The van der Waals surface area contributed by atoms with Crippen LogP contribution in [0.2, 0.25) is 0 Å². The molecule has 0 aliphatic rings. The Kier molecular flexibility index (Phi) is 6.55. The number of anilines is 1. The maximum atomic E-state index is 12.4. The predicted octanol–water partition coefficient (Wildman–Crippen LogP) is 2.65. The summed E-state index contributed by atoms with van der Waals surface area (Å²) in [5, 5.41) is 2.87. The Bertz CT molecular complexity index is 817. The van der Waals surface area contributed by atoms with Crippen molar-refractivity contribution in [1.29, 1.82) is 0 Å². The van der Waals surface area contributed by atoms with E-state index in [0.717, 1.165) is 23.5 Å². The number of furan rings is 1. The summed E-state index contributed by atoms with van der Waals surface area (Å²) in [6, 6.07) is 8.83. The van der Waals surface area contributed by atoms with Gasteiger partial charge in [-0.1, -0.05) is 6.07 Å². The lowest BCUT2D eigenvalue weighted by Gasteiger charge is -2.20. The second-order valence-corrected chi connectivity index (χ2v) is 8.69. The second kappa shape index (κ2) is 8.44. The lowest BCUT2D eigenvalue weighted by molar-refractivity contribution is 0.0955. The van der Waals surface area contributed by atoms with E-state index in [1.165, 1.54) is 11.4 Å². The number of sulfonamides is 1. The molecule has 1 heterocycles. The Balaban J connectivity index is 1.93. The van der Waals surface area contributed by atoms with Crippen molar-refractivity contribution in [2.75, 3.05) is 29.9 Å². The zero-order valence-electron chi connectivity index (χ0n) is 14.5. The van der Waals surface area contributed by atoms with Gasteiger partial charge < -0.3 is 9.73 Å². The van der Waals surface area contributed by atoms with Gasteiger partial charge in [0, 0.05) is 24.9 Å². The quantitative estimate of drug-likeness (QED) is 0.710. The number of nitrogens with zero attached hydrogens (tertiary/aromatic N) is 1. The molecule has 2 aromatic rings. The number of nitrogens with one attached hydrogen (secondary N) is 1. The van der Waals surface area contributed by atoms with E-state index in [9.17, 15) is 13.2 Å². The molecule has 1 N–H and O–H groups in total. The fourth-order valence-corrected chi connectivity index (χ4v) is 3.60. The lowest BCUT2D eigenvalue weighted by atomic mass is 10.1. The average molecular weight is 383 g/mol. The normalized spacial score (nSPS) is 11.3. The Morgan fingerprint density at radius 2 is 2.04 bits per heavy atom.